The molecular formula is C17H20FNO. The zero-order valence-electron chi connectivity index (χ0n) is 12.3. The molecule has 0 aliphatic heterocycles. The fourth-order valence-electron chi connectivity index (χ4n) is 2.29. The van der Waals surface area contributed by atoms with Gasteiger partial charge in [-0.15, -0.1) is 0 Å². The Balaban J connectivity index is 2.57. The van der Waals surface area contributed by atoms with E-state index in [4.69, 9.17) is 10.5 Å². The lowest BCUT2D eigenvalue weighted by atomic mass is 9.84. The molecule has 2 nitrogen and oxygen atoms in total. The summed E-state index contributed by atoms with van der Waals surface area (Å²) in [6.45, 7) is 5.88. The van der Waals surface area contributed by atoms with Crippen molar-refractivity contribution in [3.05, 3.63) is 64.5 Å². The summed E-state index contributed by atoms with van der Waals surface area (Å²) in [5, 5.41) is 0. The molecule has 0 amide bonds. The molecule has 3 heteroatoms. The lowest BCUT2D eigenvalue weighted by Gasteiger charge is -2.27. The van der Waals surface area contributed by atoms with Gasteiger partial charge in [-0.2, -0.15) is 0 Å². The van der Waals surface area contributed by atoms with Crippen molar-refractivity contribution < 1.29 is 9.13 Å². The molecule has 0 aliphatic rings. The van der Waals surface area contributed by atoms with Crippen molar-refractivity contribution in [3.63, 3.8) is 0 Å². The second kappa shape index (κ2) is 5.25. The minimum atomic E-state index is -0.906. The van der Waals surface area contributed by atoms with E-state index in [1.165, 1.54) is 12.7 Å². The number of halogens is 1. The number of ether oxygens (including phenoxy) is 1. The predicted octanol–water partition coefficient (Wildman–Crippen LogP) is 3.67. The van der Waals surface area contributed by atoms with Crippen molar-refractivity contribution in [1.29, 1.82) is 0 Å². The Bertz CT molecular complexity index is 635. The molecular weight excluding hydrogens is 253 g/mol. The second-order valence-corrected chi connectivity index (χ2v) is 5.32. The number of hydrogen-bond donors (Lipinski definition) is 1. The van der Waals surface area contributed by atoms with E-state index in [-0.39, 0.29) is 5.75 Å². The lowest BCUT2D eigenvalue weighted by molar-refractivity contribution is 0.379. The summed E-state index contributed by atoms with van der Waals surface area (Å²) in [6, 6.07) is 11.0. The van der Waals surface area contributed by atoms with Crippen molar-refractivity contribution in [1.82, 2.24) is 0 Å². The molecule has 0 aliphatic carbocycles. The van der Waals surface area contributed by atoms with Crippen molar-refractivity contribution in [2.75, 3.05) is 7.11 Å². The van der Waals surface area contributed by atoms with Gasteiger partial charge in [-0.1, -0.05) is 30.3 Å². The fraction of sp³-hybridized carbons (Fsp3) is 0.294. The van der Waals surface area contributed by atoms with Gasteiger partial charge in [0.1, 0.15) is 0 Å². The van der Waals surface area contributed by atoms with Gasteiger partial charge < -0.3 is 10.5 Å². The topological polar surface area (TPSA) is 35.2 Å². The average molecular weight is 273 g/mol. The van der Waals surface area contributed by atoms with Gasteiger partial charge in [0.2, 0.25) is 0 Å². The quantitative estimate of drug-likeness (QED) is 0.926. The van der Waals surface area contributed by atoms with E-state index in [9.17, 15) is 4.39 Å². The highest BCUT2D eigenvalue weighted by atomic mass is 19.1. The molecule has 1 atom stereocenters. The third kappa shape index (κ3) is 2.41. The first-order chi connectivity index (χ1) is 9.37. The van der Waals surface area contributed by atoms with Crippen LogP contribution in [-0.2, 0) is 5.54 Å². The van der Waals surface area contributed by atoms with E-state index >= 15 is 0 Å². The van der Waals surface area contributed by atoms with Crippen molar-refractivity contribution in [2.45, 2.75) is 26.3 Å². The number of aryl methyl sites for hydroxylation is 2. The third-order valence-corrected chi connectivity index (χ3v) is 3.85. The van der Waals surface area contributed by atoms with Gasteiger partial charge >= 0.3 is 0 Å². The van der Waals surface area contributed by atoms with Crippen LogP contribution in [0.2, 0.25) is 0 Å². The number of rotatable bonds is 3. The van der Waals surface area contributed by atoms with Crippen LogP contribution in [0.1, 0.15) is 29.2 Å². The van der Waals surface area contributed by atoms with Gasteiger partial charge in [0.25, 0.3) is 0 Å². The number of methoxy groups -OCH3 is 1. The molecule has 0 saturated carbocycles. The van der Waals surface area contributed by atoms with Gasteiger partial charge in [-0.25, -0.2) is 4.39 Å². The molecule has 0 saturated heterocycles. The molecule has 2 N–H and O–H groups in total. The zero-order valence-corrected chi connectivity index (χ0v) is 12.3. The molecule has 0 bridgehead atoms. The Morgan fingerprint density at radius 1 is 1.10 bits per heavy atom. The van der Waals surface area contributed by atoms with E-state index in [2.05, 4.69) is 0 Å². The standard InChI is InChI=1S/C17H20FNO/c1-11-8-9-13(10-12(11)2)17(3,19)14-6-5-7-15(20-4)16(14)18/h5-10H,19H2,1-4H3. The van der Waals surface area contributed by atoms with Gasteiger partial charge in [-0.3, -0.25) is 0 Å². The van der Waals surface area contributed by atoms with E-state index in [0.717, 1.165) is 11.1 Å². The molecule has 0 spiro atoms. The summed E-state index contributed by atoms with van der Waals surface area (Å²) in [7, 11) is 1.45. The SMILES string of the molecule is COc1cccc(C(C)(N)c2ccc(C)c(C)c2)c1F. The molecule has 2 aromatic rings. The smallest absolute Gasteiger partial charge is 0.170 e. The lowest BCUT2D eigenvalue weighted by Crippen LogP contribution is -2.35. The molecule has 106 valence electrons. The van der Waals surface area contributed by atoms with Gasteiger partial charge in [0, 0.05) is 5.56 Å². The first kappa shape index (κ1) is 14.5. The van der Waals surface area contributed by atoms with Crippen LogP contribution in [0.5, 0.6) is 5.75 Å². The molecule has 2 rings (SSSR count). The van der Waals surface area contributed by atoms with Crippen LogP contribution in [0, 0.1) is 19.7 Å². The highest BCUT2D eigenvalue weighted by molar-refractivity contribution is 5.44. The third-order valence-electron chi connectivity index (χ3n) is 3.85. The van der Waals surface area contributed by atoms with Crippen LogP contribution in [0.25, 0.3) is 0 Å². The maximum Gasteiger partial charge on any atom is 0.170 e. The van der Waals surface area contributed by atoms with Crippen LogP contribution >= 0.6 is 0 Å². The summed E-state index contributed by atoms with van der Waals surface area (Å²) in [6.07, 6.45) is 0. The fourth-order valence-corrected chi connectivity index (χ4v) is 2.29. The van der Waals surface area contributed by atoms with Crippen LogP contribution in [0.3, 0.4) is 0 Å². The summed E-state index contributed by atoms with van der Waals surface area (Å²) in [4.78, 5) is 0. The summed E-state index contributed by atoms with van der Waals surface area (Å²) >= 11 is 0. The monoisotopic (exact) mass is 273 g/mol. The van der Waals surface area contributed by atoms with E-state index < -0.39 is 11.4 Å². The molecule has 2 aromatic carbocycles. The van der Waals surface area contributed by atoms with Crippen molar-refractivity contribution in [3.8, 4) is 5.75 Å². The van der Waals surface area contributed by atoms with E-state index in [1.54, 1.807) is 18.2 Å². The molecule has 20 heavy (non-hydrogen) atoms. The molecule has 0 heterocycles. The number of benzene rings is 2. The second-order valence-electron chi connectivity index (χ2n) is 5.32. The number of hydrogen-bond acceptors (Lipinski definition) is 2. The Morgan fingerprint density at radius 2 is 1.80 bits per heavy atom. The minimum absolute atomic E-state index is 0.211. The summed E-state index contributed by atoms with van der Waals surface area (Å²) in [5.41, 5.74) is 9.15. The Labute approximate surface area is 119 Å². The largest absolute Gasteiger partial charge is 0.494 e. The van der Waals surface area contributed by atoms with Crippen molar-refractivity contribution >= 4 is 0 Å². The normalized spacial score (nSPS) is 13.9. The highest BCUT2D eigenvalue weighted by Crippen LogP contribution is 2.33. The Morgan fingerprint density at radius 3 is 2.40 bits per heavy atom. The molecule has 0 aromatic heterocycles. The minimum Gasteiger partial charge on any atom is -0.494 e. The van der Waals surface area contributed by atoms with E-state index in [0.29, 0.717) is 5.56 Å². The van der Waals surface area contributed by atoms with Crippen LogP contribution in [-0.4, -0.2) is 7.11 Å². The van der Waals surface area contributed by atoms with Crippen LogP contribution in [0.15, 0.2) is 36.4 Å². The Hall–Kier alpha value is -1.87. The molecule has 0 radical (unpaired) electrons. The first-order valence-electron chi connectivity index (χ1n) is 6.57. The maximum absolute atomic E-state index is 14.4. The average Bonchev–Trinajstić information content (AvgIpc) is 2.41. The maximum atomic E-state index is 14.4. The molecule has 1 unspecified atom stereocenters. The van der Waals surface area contributed by atoms with E-state index in [1.807, 2.05) is 39.0 Å². The summed E-state index contributed by atoms with van der Waals surface area (Å²) < 4.78 is 19.5. The molecule has 0 fully saturated rings. The number of nitrogens with two attached hydrogens (primary N) is 1. The first-order valence-corrected chi connectivity index (χ1v) is 6.57. The van der Waals surface area contributed by atoms with Crippen molar-refractivity contribution in [2.24, 2.45) is 5.73 Å². The highest BCUT2D eigenvalue weighted by Gasteiger charge is 2.28. The Kier molecular flexibility index (Phi) is 3.82. The summed E-state index contributed by atoms with van der Waals surface area (Å²) in [5.74, 6) is -0.193. The van der Waals surface area contributed by atoms with Gasteiger partial charge in [0.15, 0.2) is 11.6 Å². The van der Waals surface area contributed by atoms with Gasteiger partial charge in [-0.05, 0) is 43.5 Å². The van der Waals surface area contributed by atoms with Crippen LogP contribution in [0.4, 0.5) is 4.39 Å². The zero-order chi connectivity index (χ0) is 14.9. The van der Waals surface area contributed by atoms with Gasteiger partial charge in [0.05, 0.1) is 12.6 Å². The van der Waals surface area contributed by atoms with Crippen LogP contribution < -0.4 is 10.5 Å². The predicted molar refractivity (Wildman–Crippen MR) is 79.5 cm³/mol.